The molecule has 0 aromatic heterocycles. The Morgan fingerprint density at radius 3 is 2.70 bits per heavy atom. The molecule has 1 aromatic carbocycles. The third-order valence-corrected chi connectivity index (χ3v) is 3.57. The Morgan fingerprint density at radius 2 is 2.05 bits per heavy atom. The van der Waals surface area contributed by atoms with Crippen molar-refractivity contribution < 1.29 is 9.13 Å². The zero-order chi connectivity index (χ0) is 14.4. The van der Waals surface area contributed by atoms with E-state index in [0.717, 1.165) is 25.2 Å². The standard InChI is InChI=1S/C16H25FN2O/c1-13(2)18-12-14-5-6-16(15(17)11-14)20-10-9-19-7-3-4-8-19/h5-6,11,13,18H,3-4,7-10,12H2,1-2H3. The highest BCUT2D eigenvalue weighted by Gasteiger charge is 2.11. The van der Waals surface area contributed by atoms with Gasteiger partial charge in [0.1, 0.15) is 6.61 Å². The van der Waals surface area contributed by atoms with Gasteiger partial charge in [0.2, 0.25) is 0 Å². The molecule has 0 amide bonds. The molecule has 1 fully saturated rings. The third kappa shape index (κ3) is 4.76. The highest BCUT2D eigenvalue weighted by molar-refractivity contribution is 5.29. The minimum absolute atomic E-state index is 0.269. The molecule has 20 heavy (non-hydrogen) atoms. The average molecular weight is 280 g/mol. The lowest BCUT2D eigenvalue weighted by Gasteiger charge is -2.15. The van der Waals surface area contributed by atoms with E-state index in [0.29, 0.717) is 24.9 Å². The van der Waals surface area contributed by atoms with E-state index in [1.165, 1.54) is 12.8 Å². The summed E-state index contributed by atoms with van der Waals surface area (Å²) >= 11 is 0. The van der Waals surface area contributed by atoms with Crippen LogP contribution in [0.3, 0.4) is 0 Å². The first-order valence-corrected chi connectivity index (χ1v) is 7.52. The fourth-order valence-corrected chi connectivity index (χ4v) is 2.38. The van der Waals surface area contributed by atoms with Crippen LogP contribution in [0.2, 0.25) is 0 Å². The number of benzene rings is 1. The lowest BCUT2D eigenvalue weighted by Crippen LogP contribution is -2.25. The molecule has 4 heteroatoms. The summed E-state index contributed by atoms with van der Waals surface area (Å²) in [7, 11) is 0. The van der Waals surface area contributed by atoms with Gasteiger partial charge in [0.25, 0.3) is 0 Å². The van der Waals surface area contributed by atoms with Gasteiger partial charge in [-0.1, -0.05) is 19.9 Å². The summed E-state index contributed by atoms with van der Waals surface area (Å²) in [5, 5.41) is 3.27. The Bertz CT molecular complexity index is 417. The number of nitrogens with one attached hydrogen (secondary N) is 1. The molecule has 1 aliphatic heterocycles. The highest BCUT2D eigenvalue weighted by Crippen LogP contribution is 2.18. The summed E-state index contributed by atoms with van der Waals surface area (Å²) in [6.07, 6.45) is 2.54. The number of hydrogen-bond acceptors (Lipinski definition) is 3. The highest BCUT2D eigenvalue weighted by atomic mass is 19.1. The van der Waals surface area contributed by atoms with Crippen molar-refractivity contribution in [3.63, 3.8) is 0 Å². The van der Waals surface area contributed by atoms with Crippen molar-refractivity contribution in [1.29, 1.82) is 0 Å². The molecule has 0 aliphatic carbocycles. The van der Waals surface area contributed by atoms with Gasteiger partial charge in [0.15, 0.2) is 11.6 Å². The molecule has 3 nitrogen and oxygen atoms in total. The second-order valence-corrected chi connectivity index (χ2v) is 5.70. The molecule has 0 saturated carbocycles. The van der Waals surface area contributed by atoms with Crippen molar-refractivity contribution in [1.82, 2.24) is 10.2 Å². The van der Waals surface area contributed by atoms with Crippen LogP contribution in [0.25, 0.3) is 0 Å². The van der Waals surface area contributed by atoms with Crippen molar-refractivity contribution in [3.05, 3.63) is 29.6 Å². The molecule has 1 N–H and O–H groups in total. The molecule has 0 atom stereocenters. The van der Waals surface area contributed by atoms with Crippen LogP contribution in [0.4, 0.5) is 4.39 Å². The second-order valence-electron chi connectivity index (χ2n) is 5.70. The topological polar surface area (TPSA) is 24.5 Å². The lowest BCUT2D eigenvalue weighted by molar-refractivity contribution is 0.231. The van der Waals surface area contributed by atoms with Gasteiger partial charge in [-0.3, -0.25) is 4.90 Å². The summed E-state index contributed by atoms with van der Waals surface area (Å²) in [5.41, 5.74) is 0.947. The minimum Gasteiger partial charge on any atom is -0.489 e. The van der Waals surface area contributed by atoms with E-state index < -0.39 is 0 Å². The Kier molecular flexibility index (Phi) is 5.80. The Balaban J connectivity index is 1.79. The van der Waals surface area contributed by atoms with Gasteiger partial charge in [0, 0.05) is 19.1 Å². The zero-order valence-corrected chi connectivity index (χ0v) is 12.5. The molecule has 1 heterocycles. The van der Waals surface area contributed by atoms with Crippen LogP contribution >= 0.6 is 0 Å². The van der Waals surface area contributed by atoms with Gasteiger partial charge >= 0.3 is 0 Å². The van der Waals surface area contributed by atoms with Crippen LogP contribution in [-0.4, -0.2) is 37.2 Å². The van der Waals surface area contributed by atoms with Crippen LogP contribution in [0.5, 0.6) is 5.75 Å². The fourth-order valence-electron chi connectivity index (χ4n) is 2.38. The number of likely N-dealkylation sites (tertiary alicyclic amines) is 1. The van der Waals surface area contributed by atoms with Crippen molar-refractivity contribution in [2.75, 3.05) is 26.2 Å². The molecule has 1 saturated heterocycles. The number of ether oxygens (including phenoxy) is 1. The quantitative estimate of drug-likeness (QED) is 0.831. The largest absolute Gasteiger partial charge is 0.489 e. The maximum atomic E-state index is 13.9. The minimum atomic E-state index is -0.269. The maximum Gasteiger partial charge on any atom is 0.165 e. The first kappa shape index (κ1) is 15.3. The number of halogens is 1. The first-order chi connectivity index (χ1) is 9.65. The smallest absolute Gasteiger partial charge is 0.165 e. The molecular weight excluding hydrogens is 255 g/mol. The van der Waals surface area contributed by atoms with Gasteiger partial charge in [-0.15, -0.1) is 0 Å². The van der Waals surface area contributed by atoms with Crippen LogP contribution in [0.1, 0.15) is 32.3 Å². The van der Waals surface area contributed by atoms with Gasteiger partial charge < -0.3 is 10.1 Å². The zero-order valence-electron chi connectivity index (χ0n) is 12.5. The Hall–Kier alpha value is -1.13. The van der Waals surface area contributed by atoms with Crippen molar-refractivity contribution in [2.45, 2.75) is 39.3 Å². The summed E-state index contributed by atoms with van der Waals surface area (Å²) < 4.78 is 19.5. The third-order valence-electron chi connectivity index (χ3n) is 3.57. The average Bonchev–Trinajstić information content (AvgIpc) is 2.92. The van der Waals surface area contributed by atoms with Crippen LogP contribution in [0, 0.1) is 5.82 Å². The van der Waals surface area contributed by atoms with E-state index >= 15 is 0 Å². The van der Waals surface area contributed by atoms with Gasteiger partial charge in [0.05, 0.1) is 0 Å². The molecule has 0 unspecified atom stereocenters. The SMILES string of the molecule is CC(C)NCc1ccc(OCCN2CCCC2)c(F)c1. The summed E-state index contributed by atoms with van der Waals surface area (Å²) in [5.74, 6) is 0.0898. The van der Waals surface area contributed by atoms with Crippen LogP contribution in [-0.2, 0) is 6.54 Å². The Morgan fingerprint density at radius 1 is 1.30 bits per heavy atom. The predicted octanol–water partition coefficient (Wildman–Crippen LogP) is 2.80. The normalized spacial score (nSPS) is 16.0. The fraction of sp³-hybridized carbons (Fsp3) is 0.625. The monoisotopic (exact) mass is 280 g/mol. The van der Waals surface area contributed by atoms with E-state index in [1.54, 1.807) is 12.1 Å². The van der Waals surface area contributed by atoms with E-state index in [9.17, 15) is 4.39 Å². The van der Waals surface area contributed by atoms with E-state index in [1.807, 2.05) is 6.07 Å². The van der Waals surface area contributed by atoms with Gasteiger partial charge in [-0.2, -0.15) is 0 Å². The van der Waals surface area contributed by atoms with Crippen molar-refractivity contribution >= 4 is 0 Å². The molecule has 2 rings (SSSR count). The number of rotatable bonds is 7. The predicted molar refractivity (Wildman–Crippen MR) is 79.5 cm³/mol. The first-order valence-electron chi connectivity index (χ1n) is 7.52. The molecular formula is C16H25FN2O. The molecule has 1 aromatic rings. The van der Waals surface area contributed by atoms with E-state index in [4.69, 9.17) is 4.74 Å². The molecule has 0 bridgehead atoms. The molecule has 0 radical (unpaired) electrons. The van der Waals surface area contributed by atoms with Crippen molar-refractivity contribution in [3.8, 4) is 5.75 Å². The molecule has 1 aliphatic rings. The summed E-state index contributed by atoms with van der Waals surface area (Å²) in [6, 6.07) is 5.61. The van der Waals surface area contributed by atoms with Gasteiger partial charge in [-0.05, 0) is 43.6 Å². The summed E-state index contributed by atoms with van der Waals surface area (Å²) in [6.45, 7) is 8.56. The van der Waals surface area contributed by atoms with Gasteiger partial charge in [-0.25, -0.2) is 4.39 Å². The van der Waals surface area contributed by atoms with E-state index in [2.05, 4.69) is 24.1 Å². The lowest BCUT2D eigenvalue weighted by atomic mass is 10.2. The van der Waals surface area contributed by atoms with E-state index in [-0.39, 0.29) is 5.82 Å². The second kappa shape index (κ2) is 7.60. The number of nitrogens with zero attached hydrogens (tertiary/aromatic N) is 1. The van der Waals surface area contributed by atoms with Crippen molar-refractivity contribution in [2.24, 2.45) is 0 Å². The maximum absolute atomic E-state index is 13.9. The molecule has 112 valence electrons. The summed E-state index contributed by atoms with van der Waals surface area (Å²) in [4.78, 5) is 2.36. The Labute approximate surface area is 121 Å². The van der Waals surface area contributed by atoms with Crippen LogP contribution < -0.4 is 10.1 Å². The van der Waals surface area contributed by atoms with Crippen LogP contribution in [0.15, 0.2) is 18.2 Å². The number of hydrogen-bond donors (Lipinski definition) is 1. The molecule has 0 spiro atoms.